The van der Waals surface area contributed by atoms with Crippen molar-refractivity contribution >= 4 is 40.3 Å². The highest BCUT2D eigenvalue weighted by molar-refractivity contribution is 6.42. The maximum absolute atomic E-state index is 6.12. The van der Waals surface area contributed by atoms with Crippen molar-refractivity contribution in [3.05, 3.63) is 52.0 Å². The molecule has 2 nitrogen and oxygen atoms in total. The van der Waals surface area contributed by atoms with Gasteiger partial charge >= 0.3 is 0 Å². The Morgan fingerprint density at radius 1 is 1.00 bits per heavy atom. The fraction of sp³-hybridized carbons (Fsp3) is 0.200. The number of hydrogen-bond acceptors (Lipinski definition) is 2. The Labute approximate surface area is 122 Å². The lowest BCUT2D eigenvalue weighted by atomic mass is 10.0. The van der Waals surface area contributed by atoms with Crippen LogP contribution in [0.25, 0.3) is 0 Å². The summed E-state index contributed by atoms with van der Waals surface area (Å²) < 4.78 is 0. The van der Waals surface area contributed by atoms with Crippen molar-refractivity contribution in [2.75, 3.05) is 17.2 Å². The first kappa shape index (κ1) is 12.6. The van der Waals surface area contributed by atoms with Crippen LogP contribution >= 0.6 is 23.2 Å². The van der Waals surface area contributed by atoms with Crippen molar-refractivity contribution in [1.29, 1.82) is 0 Å². The first-order valence-electron chi connectivity index (χ1n) is 6.27. The number of nitrogens with zero attached hydrogens (tertiary/aromatic N) is 1. The van der Waals surface area contributed by atoms with E-state index in [-0.39, 0.29) is 0 Å². The normalized spacial score (nSPS) is 14.3. The number of nitrogens with two attached hydrogens (primary N) is 1. The van der Waals surface area contributed by atoms with E-state index in [1.165, 1.54) is 11.3 Å². The molecule has 2 N–H and O–H groups in total. The van der Waals surface area contributed by atoms with E-state index in [9.17, 15) is 0 Å². The third-order valence-corrected chi connectivity index (χ3v) is 4.19. The smallest absolute Gasteiger partial charge is 0.0660 e. The highest BCUT2D eigenvalue weighted by Crippen LogP contribution is 2.39. The number of anilines is 3. The topological polar surface area (TPSA) is 29.3 Å². The molecule has 1 heterocycles. The van der Waals surface area contributed by atoms with Gasteiger partial charge < -0.3 is 10.6 Å². The second-order valence-electron chi connectivity index (χ2n) is 4.71. The molecule has 19 heavy (non-hydrogen) atoms. The van der Waals surface area contributed by atoms with Crippen LogP contribution in [0.5, 0.6) is 0 Å². The summed E-state index contributed by atoms with van der Waals surface area (Å²) in [6.07, 6.45) is 2.21. The maximum Gasteiger partial charge on any atom is 0.0660 e. The van der Waals surface area contributed by atoms with Gasteiger partial charge in [-0.05, 0) is 36.6 Å². The third kappa shape index (κ3) is 2.26. The molecule has 1 aliphatic heterocycles. The second-order valence-corrected chi connectivity index (χ2v) is 5.52. The molecule has 4 heteroatoms. The standard InChI is InChI=1S/C15H14Cl2N2/c16-11-8-13(18)15(9-12(11)17)19-7-3-5-10-4-1-2-6-14(10)19/h1-2,4,6,8-9H,3,5,7,18H2. The molecule has 0 saturated carbocycles. The minimum atomic E-state index is 0.494. The van der Waals surface area contributed by atoms with Crippen LogP contribution in [0.1, 0.15) is 12.0 Å². The van der Waals surface area contributed by atoms with Gasteiger partial charge in [-0.1, -0.05) is 41.4 Å². The largest absolute Gasteiger partial charge is 0.397 e. The number of halogens is 2. The van der Waals surface area contributed by atoms with Crippen LogP contribution in [0.4, 0.5) is 17.1 Å². The summed E-state index contributed by atoms with van der Waals surface area (Å²) >= 11 is 12.1. The van der Waals surface area contributed by atoms with Gasteiger partial charge in [0.2, 0.25) is 0 Å². The van der Waals surface area contributed by atoms with Crippen molar-refractivity contribution in [1.82, 2.24) is 0 Å². The third-order valence-electron chi connectivity index (χ3n) is 3.47. The molecule has 3 rings (SSSR count). The Hall–Kier alpha value is -1.38. The average molecular weight is 293 g/mol. The van der Waals surface area contributed by atoms with Gasteiger partial charge in [0, 0.05) is 12.2 Å². The minimum Gasteiger partial charge on any atom is -0.397 e. The molecule has 2 aromatic rings. The van der Waals surface area contributed by atoms with Crippen LogP contribution in [0, 0.1) is 0 Å². The number of fused-ring (bicyclic) bond motifs is 1. The number of para-hydroxylation sites is 1. The van der Waals surface area contributed by atoms with Crippen molar-refractivity contribution in [2.24, 2.45) is 0 Å². The van der Waals surface area contributed by atoms with Gasteiger partial charge in [-0.3, -0.25) is 0 Å². The molecule has 0 bridgehead atoms. The maximum atomic E-state index is 6.12. The van der Waals surface area contributed by atoms with E-state index in [4.69, 9.17) is 28.9 Å². The highest BCUT2D eigenvalue weighted by atomic mass is 35.5. The number of hydrogen-bond donors (Lipinski definition) is 1. The fourth-order valence-electron chi connectivity index (χ4n) is 2.57. The van der Waals surface area contributed by atoms with Crippen LogP contribution in [0.3, 0.4) is 0 Å². The molecule has 0 spiro atoms. The molecular formula is C15H14Cl2N2. The van der Waals surface area contributed by atoms with Crippen molar-refractivity contribution in [3.63, 3.8) is 0 Å². The lowest BCUT2D eigenvalue weighted by Gasteiger charge is -2.32. The van der Waals surface area contributed by atoms with Crippen LogP contribution in [0.15, 0.2) is 36.4 Å². The number of aryl methyl sites for hydroxylation is 1. The van der Waals surface area contributed by atoms with E-state index < -0.39 is 0 Å². The Kier molecular flexibility index (Phi) is 3.29. The SMILES string of the molecule is Nc1cc(Cl)c(Cl)cc1N1CCCc2ccccc21. The highest BCUT2D eigenvalue weighted by Gasteiger charge is 2.20. The van der Waals surface area contributed by atoms with Gasteiger partial charge in [-0.15, -0.1) is 0 Å². The van der Waals surface area contributed by atoms with Crippen molar-refractivity contribution < 1.29 is 0 Å². The summed E-state index contributed by atoms with van der Waals surface area (Å²) in [5.41, 5.74) is 10.2. The molecular weight excluding hydrogens is 279 g/mol. The first-order valence-corrected chi connectivity index (χ1v) is 7.02. The Bertz CT molecular complexity index is 626. The molecule has 0 radical (unpaired) electrons. The second kappa shape index (κ2) is 4.95. The molecule has 0 aromatic heterocycles. The summed E-state index contributed by atoms with van der Waals surface area (Å²) in [6, 6.07) is 12.0. The van der Waals surface area contributed by atoms with Gasteiger partial charge in [-0.2, -0.15) is 0 Å². The Balaban J connectivity index is 2.11. The monoisotopic (exact) mass is 292 g/mol. The molecule has 0 saturated heterocycles. The zero-order valence-electron chi connectivity index (χ0n) is 10.4. The Morgan fingerprint density at radius 2 is 1.74 bits per heavy atom. The molecule has 2 aromatic carbocycles. The van der Waals surface area contributed by atoms with Crippen molar-refractivity contribution in [2.45, 2.75) is 12.8 Å². The van der Waals surface area contributed by atoms with E-state index in [1.807, 2.05) is 12.1 Å². The minimum absolute atomic E-state index is 0.494. The van der Waals surface area contributed by atoms with E-state index in [0.717, 1.165) is 25.1 Å². The molecule has 0 unspecified atom stereocenters. The van der Waals surface area contributed by atoms with E-state index in [1.54, 1.807) is 6.07 Å². The number of benzene rings is 2. The van der Waals surface area contributed by atoms with Gasteiger partial charge in [0.25, 0.3) is 0 Å². The van der Waals surface area contributed by atoms with Crippen LogP contribution in [-0.4, -0.2) is 6.54 Å². The number of rotatable bonds is 1. The molecule has 98 valence electrons. The number of nitrogen functional groups attached to an aromatic ring is 1. The zero-order valence-corrected chi connectivity index (χ0v) is 11.9. The summed E-state index contributed by atoms with van der Waals surface area (Å²) in [5.74, 6) is 0. The average Bonchev–Trinajstić information content (AvgIpc) is 2.42. The first-order chi connectivity index (χ1) is 9.16. The zero-order chi connectivity index (χ0) is 13.4. The van der Waals surface area contributed by atoms with Crippen LogP contribution in [-0.2, 0) is 6.42 Å². The lowest BCUT2D eigenvalue weighted by molar-refractivity contribution is 0.767. The summed E-state index contributed by atoms with van der Waals surface area (Å²) in [6.45, 7) is 0.944. The lowest BCUT2D eigenvalue weighted by Crippen LogP contribution is -2.25. The Morgan fingerprint density at radius 3 is 2.58 bits per heavy atom. The molecule has 0 atom stereocenters. The van der Waals surface area contributed by atoms with Gasteiger partial charge in [0.15, 0.2) is 0 Å². The quantitative estimate of drug-likeness (QED) is 0.775. The van der Waals surface area contributed by atoms with E-state index >= 15 is 0 Å². The van der Waals surface area contributed by atoms with Gasteiger partial charge in [0.05, 0.1) is 21.4 Å². The van der Waals surface area contributed by atoms with Crippen LogP contribution in [0.2, 0.25) is 10.0 Å². The fourth-order valence-corrected chi connectivity index (χ4v) is 2.90. The van der Waals surface area contributed by atoms with Crippen molar-refractivity contribution in [3.8, 4) is 0 Å². The molecule has 0 amide bonds. The molecule has 0 aliphatic carbocycles. The van der Waals surface area contributed by atoms with E-state index in [0.29, 0.717) is 15.7 Å². The summed E-state index contributed by atoms with van der Waals surface area (Å²) in [4.78, 5) is 2.22. The summed E-state index contributed by atoms with van der Waals surface area (Å²) in [5, 5.41) is 1.03. The predicted octanol–water partition coefficient (Wildman–Crippen LogP) is 4.66. The van der Waals surface area contributed by atoms with Gasteiger partial charge in [-0.25, -0.2) is 0 Å². The molecule has 1 aliphatic rings. The predicted molar refractivity (Wildman–Crippen MR) is 82.6 cm³/mol. The molecule has 0 fully saturated rings. The van der Waals surface area contributed by atoms with Gasteiger partial charge in [0.1, 0.15) is 0 Å². The van der Waals surface area contributed by atoms with Crippen LogP contribution < -0.4 is 10.6 Å². The summed E-state index contributed by atoms with van der Waals surface area (Å²) in [7, 11) is 0. The van der Waals surface area contributed by atoms with E-state index in [2.05, 4.69) is 23.1 Å².